The normalized spacial score (nSPS) is 31.9. The molecule has 2 unspecified atom stereocenters. The standard InChI is InChI=1S/C10H15N3S/c1-2-8-6-11-7-9(8)13(4-1)10-12-3-5-14-10/h3,5,8-9,11H,1-2,4,6-7H2. The molecule has 0 aliphatic carbocycles. The molecular formula is C10H15N3S. The van der Waals surface area contributed by atoms with Gasteiger partial charge in [0.15, 0.2) is 5.13 Å². The quantitative estimate of drug-likeness (QED) is 0.756. The number of piperidine rings is 1. The maximum atomic E-state index is 4.42. The van der Waals surface area contributed by atoms with Gasteiger partial charge in [0.05, 0.1) is 0 Å². The molecule has 2 fully saturated rings. The van der Waals surface area contributed by atoms with Gasteiger partial charge in [0.2, 0.25) is 0 Å². The van der Waals surface area contributed by atoms with Crippen LogP contribution in [0.5, 0.6) is 0 Å². The van der Waals surface area contributed by atoms with Crippen LogP contribution in [0.1, 0.15) is 12.8 Å². The van der Waals surface area contributed by atoms with Gasteiger partial charge in [0.25, 0.3) is 0 Å². The van der Waals surface area contributed by atoms with E-state index in [1.54, 1.807) is 11.3 Å². The number of anilines is 1. The number of nitrogens with zero attached hydrogens (tertiary/aromatic N) is 2. The van der Waals surface area contributed by atoms with E-state index in [1.807, 2.05) is 6.20 Å². The molecule has 3 rings (SSSR count). The topological polar surface area (TPSA) is 28.2 Å². The molecule has 0 aromatic carbocycles. The third-order valence-electron chi connectivity index (χ3n) is 3.34. The average molecular weight is 209 g/mol. The van der Waals surface area contributed by atoms with Crippen LogP contribution in [0.3, 0.4) is 0 Å². The summed E-state index contributed by atoms with van der Waals surface area (Å²) in [5.74, 6) is 0.854. The van der Waals surface area contributed by atoms with E-state index in [0.717, 1.165) is 12.5 Å². The second kappa shape index (κ2) is 3.51. The van der Waals surface area contributed by atoms with E-state index < -0.39 is 0 Å². The lowest BCUT2D eigenvalue weighted by Gasteiger charge is -2.36. The molecule has 2 saturated heterocycles. The zero-order valence-corrected chi connectivity index (χ0v) is 8.96. The van der Waals surface area contributed by atoms with Gasteiger partial charge in [0, 0.05) is 37.3 Å². The highest BCUT2D eigenvalue weighted by atomic mass is 32.1. The van der Waals surface area contributed by atoms with E-state index >= 15 is 0 Å². The fourth-order valence-corrected chi connectivity index (χ4v) is 3.39. The molecule has 2 aliphatic rings. The fourth-order valence-electron chi connectivity index (χ4n) is 2.66. The lowest BCUT2D eigenvalue weighted by Crippen LogP contribution is -2.45. The molecule has 3 heterocycles. The van der Waals surface area contributed by atoms with Gasteiger partial charge in [-0.2, -0.15) is 0 Å². The Kier molecular flexibility index (Phi) is 2.18. The van der Waals surface area contributed by atoms with Gasteiger partial charge < -0.3 is 10.2 Å². The number of aromatic nitrogens is 1. The first-order valence-corrected chi connectivity index (χ1v) is 6.20. The molecule has 1 aromatic rings. The van der Waals surface area contributed by atoms with Crippen LogP contribution in [0.15, 0.2) is 11.6 Å². The average Bonchev–Trinajstić information content (AvgIpc) is 2.88. The van der Waals surface area contributed by atoms with E-state index in [2.05, 4.69) is 20.6 Å². The molecular weight excluding hydrogens is 194 g/mol. The summed E-state index contributed by atoms with van der Waals surface area (Å²) in [6.07, 6.45) is 4.62. The number of hydrogen-bond donors (Lipinski definition) is 1. The maximum absolute atomic E-state index is 4.42. The maximum Gasteiger partial charge on any atom is 0.185 e. The zero-order valence-electron chi connectivity index (χ0n) is 8.15. The Balaban J connectivity index is 1.84. The molecule has 1 N–H and O–H groups in total. The van der Waals surface area contributed by atoms with Gasteiger partial charge in [0.1, 0.15) is 0 Å². The van der Waals surface area contributed by atoms with Crippen molar-refractivity contribution >= 4 is 16.5 Å². The summed E-state index contributed by atoms with van der Waals surface area (Å²) in [5.41, 5.74) is 0. The monoisotopic (exact) mass is 209 g/mol. The molecule has 0 amide bonds. The number of fused-ring (bicyclic) bond motifs is 1. The first kappa shape index (κ1) is 8.68. The molecule has 0 saturated carbocycles. The van der Waals surface area contributed by atoms with Crippen LogP contribution < -0.4 is 10.2 Å². The molecule has 76 valence electrons. The van der Waals surface area contributed by atoms with Gasteiger partial charge in [-0.3, -0.25) is 0 Å². The SMILES string of the molecule is c1csc(N2CCCC3CNCC32)n1. The lowest BCUT2D eigenvalue weighted by atomic mass is 9.92. The van der Waals surface area contributed by atoms with Crippen molar-refractivity contribution in [1.82, 2.24) is 10.3 Å². The molecule has 14 heavy (non-hydrogen) atoms. The molecule has 0 spiro atoms. The van der Waals surface area contributed by atoms with Crippen LogP contribution in [0.2, 0.25) is 0 Å². The Morgan fingerprint density at radius 2 is 2.50 bits per heavy atom. The number of thiazole rings is 1. The van der Waals surface area contributed by atoms with Crippen molar-refractivity contribution in [2.24, 2.45) is 5.92 Å². The number of rotatable bonds is 1. The van der Waals surface area contributed by atoms with Crippen molar-refractivity contribution < 1.29 is 0 Å². The van der Waals surface area contributed by atoms with Crippen LogP contribution in [-0.2, 0) is 0 Å². The van der Waals surface area contributed by atoms with Crippen molar-refractivity contribution in [3.8, 4) is 0 Å². The van der Waals surface area contributed by atoms with Gasteiger partial charge in [-0.15, -0.1) is 11.3 Å². The minimum atomic E-state index is 0.704. The Bertz CT molecular complexity index is 298. The molecule has 2 aliphatic heterocycles. The summed E-state index contributed by atoms with van der Waals surface area (Å²) in [7, 11) is 0. The van der Waals surface area contributed by atoms with Crippen LogP contribution in [-0.4, -0.2) is 30.7 Å². The summed E-state index contributed by atoms with van der Waals surface area (Å²) < 4.78 is 0. The second-order valence-electron chi connectivity index (χ2n) is 4.14. The Morgan fingerprint density at radius 3 is 3.36 bits per heavy atom. The first-order chi connectivity index (χ1) is 6.95. The Hall–Kier alpha value is -0.610. The van der Waals surface area contributed by atoms with Crippen LogP contribution in [0.25, 0.3) is 0 Å². The van der Waals surface area contributed by atoms with Gasteiger partial charge in [-0.1, -0.05) is 0 Å². The van der Waals surface area contributed by atoms with E-state index in [0.29, 0.717) is 6.04 Å². The van der Waals surface area contributed by atoms with Gasteiger partial charge in [-0.25, -0.2) is 4.98 Å². The van der Waals surface area contributed by atoms with Crippen molar-refractivity contribution in [2.75, 3.05) is 24.5 Å². The summed E-state index contributed by atoms with van der Waals surface area (Å²) in [4.78, 5) is 6.92. The predicted octanol–water partition coefficient (Wildman–Crippen LogP) is 1.33. The van der Waals surface area contributed by atoms with Gasteiger partial charge in [-0.05, 0) is 18.8 Å². The van der Waals surface area contributed by atoms with E-state index in [1.165, 1.54) is 31.1 Å². The molecule has 0 radical (unpaired) electrons. The summed E-state index contributed by atoms with van der Waals surface area (Å²) >= 11 is 1.77. The predicted molar refractivity (Wildman–Crippen MR) is 58.8 cm³/mol. The lowest BCUT2D eigenvalue weighted by molar-refractivity contribution is 0.385. The second-order valence-corrected chi connectivity index (χ2v) is 5.01. The van der Waals surface area contributed by atoms with Crippen molar-refractivity contribution in [3.63, 3.8) is 0 Å². The molecule has 4 heteroatoms. The first-order valence-electron chi connectivity index (χ1n) is 5.32. The minimum absolute atomic E-state index is 0.704. The highest BCUT2D eigenvalue weighted by Gasteiger charge is 2.35. The Labute approximate surface area is 88.1 Å². The highest BCUT2D eigenvalue weighted by Crippen LogP contribution is 2.31. The Morgan fingerprint density at radius 1 is 1.50 bits per heavy atom. The van der Waals surface area contributed by atoms with E-state index in [9.17, 15) is 0 Å². The largest absolute Gasteiger partial charge is 0.344 e. The van der Waals surface area contributed by atoms with Crippen LogP contribution in [0, 0.1) is 5.92 Å². The van der Waals surface area contributed by atoms with E-state index in [4.69, 9.17) is 0 Å². The summed E-state index contributed by atoms with van der Waals surface area (Å²) in [6.45, 7) is 3.53. The van der Waals surface area contributed by atoms with Crippen molar-refractivity contribution in [3.05, 3.63) is 11.6 Å². The molecule has 3 nitrogen and oxygen atoms in total. The van der Waals surface area contributed by atoms with Crippen molar-refractivity contribution in [1.29, 1.82) is 0 Å². The van der Waals surface area contributed by atoms with E-state index in [-0.39, 0.29) is 0 Å². The molecule has 0 bridgehead atoms. The third kappa shape index (κ3) is 1.33. The van der Waals surface area contributed by atoms with Crippen LogP contribution in [0.4, 0.5) is 5.13 Å². The zero-order chi connectivity index (χ0) is 9.38. The number of nitrogens with one attached hydrogen (secondary N) is 1. The fraction of sp³-hybridized carbons (Fsp3) is 0.700. The minimum Gasteiger partial charge on any atom is -0.344 e. The summed E-state index contributed by atoms with van der Waals surface area (Å²) in [6, 6.07) is 0.704. The molecule has 1 aromatic heterocycles. The highest BCUT2D eigenvalue weighted by molar-refractivity contribution is 7.13. The van der Waals surface area contributed by atoms with Crippen molar-refractivity contribution in [2.45, 2.75) is 18.9 Å². The number of hydrogen-bond acceptors (Lipinski definition) is 4. The third-order valence-corrected chi connectivity index (χ3v) is 4.15. The molecule has 2 atom stereocenters. The van der Waals surface area contributed by atoms with Crippen LogP contribution >= 0.6 is 11.3 Å². The smallest absolute Gasteiger partial charge is 0.185 e. The summed E-state index contributed by atoms with van der Waals surface area (Å²) in [5, 5.41) is 6.77. The van der Waals surface area contributed by atoms with Gasteiger partial charge >= 0.3 is 0 Å².